The van der Waals surface area contributed by atoms with E-state index < -0.39 is 10.0 Å². The van der Waals surface area contributed by atoms with Crippen molar-refractivity contribution in [3.63, 3.8) is 0 Å². The first-order chi connectivity index (χ1) is 11.5. The molecule has 0 spiro atoms. The molecule has 0 atom stereocenters. The fourth-order valence-electron chi connectivity index (χ4n) is 2.88. The van der Waals surface area contributed by atoms with Gasteiger partial charge in [0.25, 0.3) is 15.9 Å². The molecule has 1 aliphatic carbocycles. The van der Waals surface area contributed by atoms with E-state index >= 15 is 0 Å². The molecule has 1 saturated carbocycles. The van der Waals surface area contributed by atoms with Gasteiger partial charge < -0.3 is 5.32 Å². The lowest BCUT2D eigenvalue weighted by molar-refractivity contribution is 0.0945. The molecular weight excluding hydrogens is 326 g/mol. The van der Waals surface area contributed by atoms with Crippen molar-refractivity contribution in [2.45, 2.75) is 30.1 Å². The van der Waals surface area contributed by atoms with Crippen molar-refractivity contribution in [2.24, 2.45) is 0 Å². The topological polar surface area (TPSA) is 88.2 Å². The largest absolute Gasteiger partial charge is 0.352 e. The Morgan fingerprint density at radius 1 is 1.17 bits per heavy atom. The Hall–Kier alpha value is -2.41. The number of nitrogens with zero attached hydrogens (tertiary/aromatic N) is 1. The molecule has 1 aromatic carbocycles. The summed E-state index contributed by atoms with van der Waals surface area (Å²) < 4.78 is 27.6. The number of nitrogens with one attached hydrogen (secondary N) is 2. The van der Waals surface area contributed by atoms with Crippen molar-refractivity contribution in [3.05, 3.63) is 53.2 Å². The second-order valence-corrected chi connectivity index (χ2v) is 7.86. The normalized spacial score (nSPS) is 17.1. The number of hydrogen-bond donors (Lipinski definition) is 2. The van der Waals surface area contributed by atoms with Gasteiger partial charge in [0, 0.05) is 18.3 Å². The molecule has 1 amide bonds. The zero-order valence-electron chi connectivity index (χ0n) is 13.0. The number of hydrogen-bond acceptors (Lipinski definition) is 4. The molecule has 1 aromatic heterocycles. The van der Waals surface area contributed by atoms with Gasteiger partial charge in [-0.25, -0.2) is 13.4 Å². The van der Waals surface area contributed by atoms with E-state index in [4.69, 9.17) is 0 Å². The van der Waals surface area contributed by atoms with E-state index in [0.29, 0.717) is 24.4 Å². The SMILES string of the molecule is O=C1NCCc2ccc(S(=O)(=O)Nc3ccc(C4CC4)cn3)cc21. The Morgan fingerprint density at radius 2 is 2.00 bits per heavy atom. The minimum absolute atomic E-state index is 0.0615. The van der Waals surface area contributed by atoms with Crippen LogP contribution < -0.4 is 10.0 Å². The highest BCUT2D eigenvalue weighted by Gasteiger charge is 2.24. The van der Waals surface area contributed by atoms with Crippen molar-refractivity contribution < 1.29 is 13.2 Å². The van der Waals surface area contributed by atoms with Gasteiger partial charge in [-0.3, -0.25) is 9.52 Å². The number of benzene rings is 1. The zero-order chi connectivity index (χ0) is 16.7. The van der Waals surface area contributed by atoms with Crippen molar-refractivity contribution >= 4 is 21.7 Å². The maximum absolute atomic E-state index is 12.5. The van der Waals surface area contributed by atoms with Crippen LogP contribution in [0.2, 0.25) is 0 Å². The lowest BCUT2D eigenvalue weighted by Crippen LogP contribution is -2.32. The molecule has 1 aliphatic heterocycles. The molecule has 124 valence electrons. The Labute approximate surface area is 140 Å². The molecule has 1 fully saturated rings. The van der Waals surface area contributed by atoms with Crippen LogP contribution in [0.3, 0.4) is 0 Å². The van der Waals surface area contributed by atoms with Gasteiger partial charge in [-0.2, -0.15) is 0 Å². The number of fused-ring (bicyclic) bond motifs is 1. The van der Waals surface area contributed by atoms with E-state index in [-0.39, 0.29) is 16.6 Å². The third-order valence-corrected chi connectivity index (χ3v) is 5.74. The van der Waals surface area contributed by atoms with Gasteiger partial charge in [0.1, 0.15) is 5.82 Å². The number of aromatic nitrogens is 1. The van der Waals surface area contributed by atoms with Crippen LogP contribution in [-0.4, -0.2) is 25.9 Å². The van der Waals surface area contributed by atoms with Crippen molar-refractivity contribution in [1.29, 1.82) is 0 Å². The molecule has 0 radical (unpaired) electrons. The molecule has 24 heavy (non-hydrogen) atoms. The highest BCUT2D eigenvalue weighted by atomic mass is 32.2. The molecule has 7 heteroatoms. The molecular formula is C17H17N3O3S. The second-order valence-electron chi connectivity index (χ2n) is 6.18. The van der Waals surface area contributed by atoms with Crippen LogP contribution in [-0.2, 0) is 16.4 Å². The predicted octanol–water partition coefficient (Wildman–Crippen LogP) is 2.05. The number of amides is 1. The maximum atomic E-state index is 12.5. The summed E-state index contributed by atoms with van der Waals surface area (Å²) in [7, 11) is -3.78. The molecule has 4 rings (SSSR count). The van der Waals surface area contributed by atoms with Crippen molar-refractivity contribution in [1.82, 2.24) is 10.3 Å². The van der Waals surface area contributed by atoms with Crippen LogP contribution in [0.15, 0.2) is 41.4 Å². The highest BCUT2D eigenvalue weighted by Crippen LogP contribution is 2.39. The minimum atomic E-state index is -3.78. The molecule has 2 heterocycles. The summed E-state index contributed by atoms with van der Waals surface area (Å²) in [5, 5.41) is 2.72. The fraction of sp³-hybridized carbons (Fsp3) is 0.294. The zero-order valence-corrected chi connectivity index (χ0v) is 13.8. The average molecular weight is 343 g/mol. The van der Waals surface area contributed by atoms with Gasteiger partial charge >= 0.3 is 0 Å². The van der Waals surface area contributed by atoms with E-state index in [1.807, 2.05) is 6.07 Å². The minimum Gasteiger partial charge on any atom is -0.352 e. The summed E-state index contributed by atoms with van der Waals surface area (Å²) in [5.41, 5.74) is 2.43. The standard InChI is InChI=1S/C17H17N3O3S/c21-17-15-9-14(5-3-12(15)7-8-18-17)24(22,23)20-16-6-4-13(10-19-16)11-1-2-11/h3-6,9-11H,1-2,7-8H2,(H,18,21)(H,19,20). The third kappa shape index (κ3) is 2.87. The second kappa shape index (κ2) is 5.59. The van der Waals surface area contributed by atoms with Crippen molar-refractivity contribution in [3.8, 4) is 0 Å². The monoisotopic (exact) mass is 343 g/mol. The maximum Gasteiger partial charge on any atom is 0.263 e. The summed E-state index contributed by atoms with van der Waals surface area (Å²) in [6.07, 6.45) is 4.77. The molecule has 0 unspecified atom stereocenters. The van der Waals surface area contributed by atoms with E-state index in [2.05, 4.69) is 15.0 Å². The first kappa shape index (κ1) is 15.1. The molecule has 2 aromatic rings. The summed E-state index contributed by atoms with van der Waals surface area (Å²) >= 11 is 0. The van der Waals surface area contributed by atoms with Gasteiger partial charge in [0.2, 0.25) is 0 Å². The fourth-order valence-corrected chi connectivity index (χ4v) is 3.91. The van der Waals surface area contributed by atoms with Crippen LogP contribution >= 0.6 is 0 Å². The quantitative estimate of drug-likeness (QED) is 0.889. The van der Waals surface area contributed by atoms with Crippen LogP contribution in [0, 0.1) is 0 Å². The molecule has 6 nitrogen and oxygen atoms in total. The number of carbonyl (C=O) groups excluding carboxylic acids is 1. The van der Waals surface area contributed by atoms with Gasteiger partial charge in [0.05, 0.1) is 4.90 Å². The number of pyridine rings is 1. The first-order valence-corrected chi connectivity index (χ1v) is 9.41. The molecule has 0 bridgehead atoms. The Morgan fingerprint density at radius 3 is 2.71 bits per heavy atom. The number of anilines is 1. The Bertz CT molecular complexity index is 903. The molecule has 2 N–H and O–H groups in total. The molecule has 0 saturated heterocycles. The Kier molecular flexibility index (Phi) is 3.53. The smallest absolute Gasteiger partial charge is 0.263 e. The Balaban J connectivity index is 1.60. The summed E-state index contributed by atoms with van der Waals surface area (Å²) in [6, 6.07) is 8.23. The van der Waals surface area contributed by atoms with Crippen LogP contribution in [0.25, 0.3) is 0 Å². The summed E-state index contributed by atoms with van der Waals surface area (Å²) in [4.78, 5) is 16.1. The lowest BCUT2D eigenvalue weighted by Gasteiger charge is -2.17. The van der Waals surface area contributed by atoms with Gasteiger partial charge in [-0.05, 0) is 54.5 Å². The van der Waals surface area contributed by atoms with Gasteiger partial charge in [-0.15, -0.1) is 0 Å². The lowest BCUT2D eigenvalue weighted by atomic mass is 10.0. The van der Waals surface area contributed by atoms with E-state index in [1.54, 1.807) is 18.3 Å². The van der Waals surface area contributed by atoms with Crippen LogP contribution in [0.5, 0.6) is 0 Å². The van der Waals surface area contributed by atoms with E-state index in [1.165, 1.54) is 25.0 Å². The van der Waals surface area contributed by atoms with Gasteiger partial charge in [-0.1, -0.05) is 12.1 Å². The van der Waals surface area contributed by atoms with E-state index in [9.17, 15) is 13.2 Å². The number of rotatable bonds is 4. The summed E-state index contributed by atoms with van der Waals surface area (Å²) in [6.45, 7) is 0.577. The predicted molar refractivity (Wildman–Crippen MR) is 89.5 cm³/mol. The van der Waals surface area contributed by atoms with Crippen LogP contribution in [0.4, 0.5) is 5.82 Å². The number of carbonyl (C=O) groups is 1. The summed E-state index contributed by atoms with van der Waals surface area (Å²) in [5.74, 6) is 0.615. The first-order valence-electron chi connectivity index (χ1n) is 7.93. The van der Waals surface area contributed by atoms with E-state index in [0.717, 1.165) is 11.1 Å². The average Bonchev–Trinajstić information content (AvgIpc) is 3.40. The van der Waals surface area contributed by atoms with Crippen LogP contribution in [0.1, 0.15) is 40.2 Å². The highest BCUT2D eigenvalue weighted by molar-refractivity contribution is 7.92. The van der Waals surface area contributed by atoms with Gasteiger partial charge in [0.15, 0.2) is 0 Å². The van der Waals surface area contributed by atoms with Crippen molar-refractivity contribution in [2.75, 3.05) is 11.3 Å². The number of sulfonamides is 1. The third-order valence-electron chi connectivity index (χ3n) is 4.39. The molecule has 2 aliphatic rings.